The molecule has 0 aliphatic rings. The lowest BCUT2D eigenvalue weighted by atomic mass is 10.0. The van der Waals surface area contributed by atoms with E-state index in [4.69, 9.17) is 15.9 Å². The van der Waals surface area contributed by atoms with Crippen molar-refractivity contribution in [1.29, 1.82) is 0 Å². The maximum absolute atomic E-state index is 5.56. The Morgan fingerprint density at radius 1 is 1.19 bits per heavy atom. The van der Waals surface area contributed by atoms with Gasteiger partial charge in [0.25, 0.3) is 0 Å². The van der Waals surface area contributed by atoms with Crippen molar-refractivity contribution < 1.29 is 9.47 Å². The van der Waals surface area contributed by atoms with Crippen molar-refractivity contribution in [2.45, 2.75) is 13.3 Å². The highest BCUT2D eigenvalue weighted by Crippen LogP contribution is 2.37. The summed E-state index contributed by atoms with van der Waals surface area (Å²) in [5.41, 5.74) is 3.72. The smallest absolute Gasteiger partial charge is 0.162 e. The van der Waals surface area contributed by atoms with Crippen LogP contribution in [-0.2, 0) is 6.42 Å². The van der Waals surface area contributed by atoms with Gasteiger partial charge in [-0.3, -0.25) is 0 Å². The minimum absolute atomic E-state index is 0.694. The Morgan fingerprint density at radius 2 is 1.90 bits per heavy atom. The van der Waals surface area contributed by atoms with Crippen molar-refractivity contribution in [3.63, 3.8) is 0 Å². The first-order chi connectivity index (χ1) is 10.2. The maximum Gasteiger partial charge on any atom is 0.162 e. The molecule has 4 heteroatoms. The number of methoxy groups -OCH3 is 2. The molecule has 1 N–H and O–H groups in total. The summed E-state index contributed by atoms with van der Waals surface area (Å²) in [4.78, 5) is 7.71. The molecular weight excluding hydrogens is 264 g/mol. The summed E-state index contributed by atoms with van der Waals surface area (Å²) >= 11 is 0. The monoisotopic (exact) mass is 280 g/mol. The first-order valence-corrected chi connectivity index (χ1v) is 6.75. The molecule has 0 atom stereocenters. The van der Waals surface area contributed by atoms with Crippen LogP contribution in [0.3, 0.4) is 0 Å². The van der Waals surface area contributed by atoms with E-state index in [0.29, 0.717) is 17.2 Å². The summed E-state index contributed by atoms with van der Waals surface area (Å²) in [7, 11) is 3.26. The molecule has 0 bridgehead atoms. The Hall–Kier alpha value is -2.67. The summed E-state index contributed by atoms with van der Waals surface area (Å²) in [6.45, 7) is 2.08. The number of nitrogens with zero attached hydrogens (tertiary/aromatic N) is 1. The molecule has 0 amide bonds. The van der Waals surface area contributed by atoms with Gasteiger partial charge in [0, 0.05) is 16.8 Å². The van der Waals surface area contributed by atoms with E-state index in [0.717, 1.165) is 33.8 Å². The van der Waals surface area contributed by atoms with Crippen LogP contribution in [0.2, 0.25) is 0 Å². The van der Waals surface area contributed by atoms with Crippen LogP contribution in [0.1, 0.15) is 18.2 Å². The largest absolute Gasteiger partial charge is 0.493 e. The predicted molar refractivity (Wildman–Crippen MR) is 84.0 cm³/mol. The third-order valence-corrected chi connectivity index (χ3v) is 3.73. The van der Waals surface area contributed by atoms with Gasteiger partial charge in [0.2, 0.25) is 0 Å². The Labute approximate surface area is 123 Å². The van der Waals surface area contributed by atoms with Gasteiger partial charge in [-0.2, -0.15) is 0 Å². The molecule has 0 spiro atoms. The van der Waals surface area contributed by atoms with Gasteiger partial charge in [-0.1, -0.05) is 6.92 Å². The van der Waals surface area contributed by atoms with E-state index >= 15 is 0 Å². The minimum atomic E-state index is 0.694. The Morgan fingerprint density at radius 3 is 2.52 bits per heavy atom. The van der Waals surface area contributed by atoms with Gasteiger partial charge in [-0.05, 0) is 24.0 Å². The number of benzene rings is 1. The Kier molecular flexibility index (Phi) is 3.19. The van der Waals surface area contributed by atoms with Crippen LogP contribution in [0, 0.1) is 12.3 Å². The topological polar surface area (TPSA) is 47.1 Å². The molecule has 0 saturated carbocycles. The lowest BCUT2D eigenvalue weighted by Gasteiger charge is -2.08. The van der Waals surface area contributed by atoms with Crippen molar-refractivity contribution in [1.82, 2.24) is 9.97 Å². The number of terminal acetylenes is 1. The van der Waals surface area contributed by atoms with Crippen LogP contribution >= 0.6 is 0 Å². The van der Waals surface area contributed by atoms with Gasteiger partial charge in [0.1, 0.15) is 5.69 Å². The van der Waals surface area contributed by atoms with Gasteiger partial charge in [0.15, 0.2) is 11.5 Å². The zero-order chi connectivity index (χ0) is 15.0. The zero-order valence-electron chi connectivity index (χ0n) is 12.3. The van der Waals surface area contributed by atoms with E-state index in [1.54, 1.807) is 20.4 Å². The van der Waals surface area contributed by atoms with Gasteiger partial charge < -0.3 is 14.5 Å². The standard InChI is InChI=1S/C17H16N2O2/c1-5-10-12(6-2)18-9-14-17(10)11-7-15(20-3)16(21-4)8-13(11)19-14/h2,7-9,19H,5H2,1,3-4H3. The van der Waals surface area contributed by atoms with Gasteiger partial charge in [-0.25, -0.2) is 4.98 Å². The second-order valence-corrected chi connectivity index (χ2v) is 4.75. The van der Waals surface area contributed by atoms with Crippen LogP contribution in [0.15, 0.2) is 18.3 Å². The fourth-order valence-electron chi connectivity index (χ4n) is 2.76. The minimum Gasteiger partial charge on any atom is -0.493 e. The van der Waals surface area contributed by atoms with Crippen LogP contribution in [-0.4, -0.2) is 24.2 Å². The van der Waals surface area contributed by atoms with E-state index in [1.165, 1.54) is 0 Å². The lowest BCUT2D eigenvalue weighted by molar-refractivity contribution is 0.356. The number of ether oxygens (including phenoxy) is 2. The number of hydrogen-bond donors (Lipinski definition) is 1. The van der Waals surface area contributed by atoms with Crippen molar-refractivity contribution in [2.24, 2.45) is 0 Å². The van der Waals surface area contributed by atoms with Crippen molar-refractivity contribution in [3.05, 3.63) is 29.6 Å². The quantitative estimate of drug-likeness (QED) is 0.749. The molecule has 3 aromatic rings. The molecular formula is C17H16N2O2. The number of fused-ring (bicyclic) bond motifs is 3. The molecule has 106 valence electrons. The normalized spacial score (nSPS) is 10.8. The highest BCUT2D eigenvalue weighted by Gasteiger charge is 2.15. The molecule has 3 rings (SSSR count). The zero-order valence-corrected chi connectivity index (χ0v) is 12.3. The summed E-state index contributed by atoms with van der Waals surface area (Å²) < 4.78 is 10.7. The van der Waals surface area contributed by atoms with Crippen LogP contribution in [0.4, 0.5) is 0 Å². The second kappa shape index (κ2) is 5.02. The number of pyridine rings is 1. The van der Waals surface area contributed by atoms with E-state index < -0.39 is 0 Å². The molecule has 0 aliphatic carbocycles. The number of aromatic amines is 1. The van der Waals surface area contributed by atoms with Crippen LogP contribution < -0.4 is 9.47 Å². The molecule has 2 heterocycles. The third-order valence-electron chi connectivity index (χ3n) is 3.73. The fraction of sp³-hybridized carbons (Fsp3) is 0.235. The van der Waals surface area contributed by atoms with E-state index in [2.05, 4.69) is 22.8 Å². The maximum atomic E-state index is 5.56. The molecule has 0 aliphatic heterocycles. The average Bonchev–Trinajstić information content (AvgIpc) is 2.89. The van der Waals surface area contributed by atoms with Crippen LogP contribution in [0.5, 0.6) is 11.5 Å². The summed E-state index contributed by atoms with van der Waals surface area (Å²) in [6.07, 6.45) is 8.17. The van der Waals surface area contributed by atoms with E-state index in [9.17, 15) is 0 Å². The number of hydrogen-bond acceptors (Lipinski definition) is 3. The highest BCUT2D eigenvalue weighted by molar-refractivity contribution is 6.10. The highest BCUT2D eigenvalue weighted by atomic mass is 16.5. The van der Waals surface area contributed by atoms with Gasteiger partial charge in [0.05, 0.1) is 31.4 Å². The first kappa shape index (κ1) is 13.3. The molecule has 21 heavy (non-hydrogen) atoms. The SMILES string of the molecule is C#Cc1ncc2[nH]c3cc(OC)c(OC)cc3c2c1CC. The Bertz CT molecular complexity index is 872. The number of H-pyrrole nitrogens is 1. The van der Waals surface area contributed by atoms with Gasteiger partial charge >= 0.3 is 0 Å². The summed E-state index contributed by atoms with van der Waals surface area (Å²) in [6, 6.07) is 3.91. The molecule has 0 fully saturated rings. The third kappa shape index (κ3) is 1.90. The second-order valence-electron chi connectivity index (χ2n) is 4.75. The van der Waals surface area contributed by atoms with E-state index in [1.807, 2.05) is 12.1 Å². The fourth-order valence-corrected chi connectivity index (χ4v) is 2.76. The summed E-state index contributed by atoms with van der Waals surface area (Å²) in [5, 5.41) is 2.18. The van der Waals surface area contributed by atoms with Crippen LogP contribution in [0.25, 0.3) is 21.8 Å². The number of nitrogens with one attached hydrogen (secondary N) is 1. The summed E-state index contributed by atoms with van der Waals surface area (Å²) in [5.74, 6) is 4.06. The number of rotatable bonds is 3. The molecule has 2 aromatic heterocycles. The molecule has 0 saturated heterocycles. The van der Waals surface area contributed by atoms with Crippen molar-refractivity contribution >= 4 is 21.8 Å². The van der Waals surface area contributed by atoms with E-state index in [-0.39, 0.29) is 0 Å². The first-order valence-electron chi connectivity index (χ1n) is 6.75. The molecule has 1 aromatic carbocycles. The molecule has 0 unspecified atom stereocenters. The Balaban J connectivity index is 2.47. The predicted octanol–water partition coefficient (Wildman–Crippen LogP) is 3.28. The molecule has 4 nitrogen and oxygen atoms in total. The van der Waals surface area contributed by atoms with Gasteiger partial charge in [-0.15, -0.1) is 6.42 Å². The number of aryl methyl sites for hydroxylation is 1. The lowest BCUT2D eigenvalue weighted by Crippen LogP contribution is -1.93. The van der Waals surface area contributed by atoms with Crippen molar-refractivity contribution in [2.75, 3.05) is 14.2 Å². The molecule has 0 radical (unpaired) electrons. The van der Waals surface area contributed by atoms with Crippen molar-refractivity contribution in [3.8, 4) is 23.8 Å². The average molecular weight is 280 g/mol. The number of aromatic nitrogens is 2.